The summed E-state index contributed by atoms with van der Waals surface area (Å²) >= 11 is 0. The Hall–Kier alpha value is -4.70. The number of benzene rings is 2. The van der Waals surface area contributed by atoms with E-state index in [9.17, 15) is 27.9 Å². The van der Waals surface area contributed by atoms with Gasteiger partial charge in [0.25, 0.3) is 5.91 Å². The topological polar surface area (TPSA) is 186 Å². The second-order valence-electron chi connectivity index (χ2n) is 10.6. The van der Waals surface area contributed by atoms with Gasteiger partial charge in [-0.2, -0.15) is 28.1 Å². The lowest BCUT2D eigenvalue weighted by atomic mass is 10.0. The van der Waals surface area contributed by atoms with E-state index >= 15 is 0 Å². The van der Waals surface area contributed by atoms with E-state index in [-0.39, 0.29) is 30.5 Å². The lowest BCUT2D eigenvalue weighted by Crippen LogP contribution is -2.42. The number of carbonyl (C=O) groups excluding carboxylic acids is 1. The Balaban J connectivity index is 1.37. The summed E-state index contributed by atoms with van der Waals surface area (Å²) in [6, 6.07) is 12.4. The van der Waals surface area contributed by atoms with Crippen LogP contribution in [0.4, 0.5) is 30.8 Å². The van der Waals surface area contributed by atoms with Crippen LogP contribution >= 0.6 is 0 Å². The lowest BCUT2D eigenvalue weighted by molar-refractivity contribution is -0.154. The monoisotopic (exact) mass is 646 g/mol. The first-order chi connectivity index (χ1) is 22.1. The van der Waals surface area contributed by atoms with E-state index in [1.165, 1.54) is 12.1 Å². The zero-order valence-corrected chi connectivity index (χ0v) is 25.0. The van der Waals surface area contributed by atoms with Gasteiger partial charge in [-0.3, -0.25) is 9.59 Å². The Kier molecular flexibility index (Phi) is 12.3. The van der Waals surface area contributed by atoms with E-state index in [4.69, 9.17) is 15.2 Å². The zero-order valence-electron chi connectivity index (χ0n) is 25.0. The summed E-state index contributed by atoms with van der Waals surface area (Å²) in [5.41, 5.74) is 7.06. The van der Waals surface area contributed by atoms with E-state index in [1.54, 1.807) is 12.1 Å². The largest absolute Gasteiger partial charge is 0.494 e. The molecule has 1 aliphatic heterocycles. The Labute approximate surface area is 263 Å². The average Bonchev–Trinajstić information content (AvgIpc) is 3.50. The minimum Gasteiger partial charge on any atom is -0.494 e. The molecule has 1 fully saturated rings. The van der Waals surface area contributed by atoms with Gasteiger partial charge in [0.05, 0.1) is 18.6 Å². The second-order valence-corrected chi connectivity index (χ2v) is 10.6. The van der Waals surface area contributed by atoms with Gasteiger partial charge in [-0.15, -0.1) is 0 Å². The molecule has 16 heteroatoms. The maximum Gasteiger partial charge on any atom is 0.422 e. The van der Waals surface area contributed by atoms with Gasteiger partial charge < -0.3 is 41.6 Å². The number of carbonyl (C=O) groups is 2. The molecule has 4 rings (SSSR count). The van der Waals surface area contributed by atoms with Crippen LogP contribution in [-0.4, -0.2) is 77.0 Å². The summed E-state index contributed by atoms with van der Waals surface area (Å²) in [6.07, 6.45) is -0.541. The van der Waals surface area contributed by atoms with E-state index < -0.39 is 42.6 Å². The molecule has 248 valence electrons. The molecule has 0 bridgehead atoms. The predicted octanol–water partition coefficient (Wildman–Crippen LogP) is 3.47. The van der Waals surface area contributed by atoms with Crippen molar-refractivity contribution in [2.45, 2.75) is 44.4 Å². The minimum atomic E-state index is -4.60. The summed E-state index contributed by atoms with van der Waals surface area (Å²) in [4.78, 5) is 36.2. The maximum atomic E-state index is 12.8. The van der Waals surface area contributed by atoms with Gasteiger partial charge in [0, 0.05) is 30.9 Å². The Bertz CT molecular complexity index is 1430. The molecule has 1 aliphatic rings. The van der Waals surface area contributed by atoms with Crippen molar-refractivity contribution in [1.29, 1.82) is 0 Å². The van der Waals surface area contributed by atoms with Crippen molar-refractivity contribution in [2.24, 2.45) is 11.7 Å². The number of nitrogens with one attached hydrogen (secondary N) is 4. The minimum absolute atomic E-state index is 0.0263. The molecule has 1 amide bonds. The second kappa shape index (κ2) is 16.6. The molecule has 13 nitrogen and oxygen atoms in total. The third-order valence-electron chi connectivity index (χ3n) is 6.97. The quantitative estimate of drug-likeness (QED) is 0.118. The molecule has 1 saturated heterocycles. The van der Waals surface area contributed by atoms with Crippen LogP contribution in [-0.2, 0) is 11.3 Å². The van der Waals surface area contributed by atoms with Gasteiger partial charge in [0.2, 0.25) is 11.9 Å². The van der Waals surface area contributed by atoms with Crippen LogP contribution in [0.3, 0.4) is 0 Å². The SMILES string of the molecule is NCCCCCCOc1ccc(CNc2nc(Nc3ccc(C(=O)N[C@@H]4CNC[C@H]4C(=O)O)cc3)nc(OCC(F)(F)F)n2)cc1. The number of halogens is 3. The van der Waals surface area contributed by atoms with Crippen molar-refractivity contribution in [3.63, 3.8) is 0 Å². The van der Waals surface area contributed by atoms with Gasteiger partial charge in [0.15, 0.2) is 6.61 Å². The van der Waals surface area contributed by atoms with Crippen LogP contribution < -0.4 is 36.5 Å². The molecule has 0 aliphatic carbocycles. The van der Waals surface area contributed by atoms with Crippen LogP contribution in [0.2, 0.25) is 0 Å². The molecule has 2 aromatic carbocycles. The number of ether oxygens (including phenoxy) is 2. The van der Waals surface area contributed by atoms with Crippen molar-refractivity contribution in [3.8, 4) is 11.8 Å². The number of anilines is 3. The zero-order chi connectivity index (χ0) is 32.9. The molecule has 0 unspecified atom stereocenters. The van der Waals surface area contributed by atoms with Crippen LogP contribution in [0.5, 0.6) is 11.8 Å². The van der Waals surface area contributed by atoms with E-state index in [0.717, 1.165) is 37.0 Å². The Morgan fingerprint density at radius 1 is 0.935 bits per heavy atom. The molecule has 0 saturated carbocycles. The fourth-order valence-corrected chi connectivity index (χ4v) is 4.55. The highest BCUT2D eigenvalue weighted by atomic mass is 19.4. The van der Waals surface area contributed by atoms with Gasteiger partial charge in [0.1, 0.15) is 5.75 Å². The van der Waals surface area contributed by atoms with E-state index in [0.29, 0.717) is 25.4 Å². The fraction of sp³-hybridized carbons (Fsp3) is 0.433. The highest BCUT2D eigenvalue weighted by molar-refractivity contribution is 5.95. The number of carboxylic acid groups (broad SMARTS) is 1. The molecule has 46 heavy (non-hydrogen) atoms. The molecule has 3 aromatic rings. The maximum absolute atomic E-state index is 12.8. The molecular weight excluding hydrogens is 609 g/mol. The Morgan fingerprint density at radius 3 is 2.35 bits per heavy atom. The van der Waals surface area contributed by atoms with Gasteiger partial charge in [-0.25, -0.2) is 0 Å². The third kappa shape index (κ3) is 11.0. The van der Waals surface area contributed by atoms with E-state index in [1.807, 2.05) is 24.3 Å². The number of unbranched alkanes of at least 4 members (excludes halogenated alkanes) is 3. The van der Waals surface area contributed by atoms with Crippen molar-refractivity contribution in [3.05, 3.63) is 59.7 Å². The van der Waals surface area contributed by atoms with Crippen molar-refractivity contribution in [2.75, 3.05) is 43.5 Å². The van der Waals surface area contributed by atoms with Gasteiger partial charge in [-0.05, 0) is 61.3 Å². The lowest BCUT2D eigenvalue weighted by Gasteiger charge is -2.16. The number of carboxylic acids is 1. The summed E-state index contributed by atoms with van der Waals surface area (Å²) in [6.45, 7) is 0.558. The number of hydrogen-bond acceptors (Lipinski definition) is 11. The molecule has 7 N–H and O–H groups in total. The number of hydrogen-bond donors (Lipinski definition) is 6. The number of rotatable bonds is 17. The molecule has 0 radical (unpaired) electrons. The van der Waals surface area contributed by atoms with Gasteiger partial charge in [-0.1, -0.05) is 25.0 Å². The smallest absolute Gasteiger partial charge is 0.422 e. The summed E-state index contributed by atoms with van der Waals surface area (Å²) in [7, 11) is 0. The van der Waals surface area contributed by atoms with Gasteiger partial charge >= 0.3 is 18.2 Å². The van der Waals surface area contributed by atoms with Crippen LogP contribution in [0.1, 0.15) is 41.6 Å². The summed E-state index contributed by atoms with van der Waals surface area (Å²) in [5, 5.41) is 20.8. The normalized spacial score (nSPS) is 16.1. The molecule has 0 spiro atoms. The number of amides is 1. The summed E-state index contributed by atoms with van der Waals surface area (Å²) < 4.78 is 49.0. The standard InChI is InChI=1S/C30H37F3N8O5/c31-30(32,33)18-46-29-40-27(36-15-19-5-11-22(12-6-19)45-14-4-2-1-3-13-34)39-28(41-29)37-21-9-7-20(8-10-21)25(42)38-24-17-35-16-23(24)26(43)44/h5-12,23-24,35H,1-4,13-18,34H2,(H,38,42)(H,43,44)(H2,36,37,39,40,41)/t23-,24-/m1/s1. The Morgan fingerprint density at radius 2 is 1.65 bits per heavy atom. The third-order valence-corrected chi connectivity index (χ3v) is 6.97. The van der Waals surface area contributed by atoms with Crippen molar-refractivity contribution >= 4 is 29.5 Å². The highest BCUT2D eigenvalue weighted by Crippen LogP contribution is 2.21. The number of alkyl halides is 3. The first-order valence-corrected chi connectivity index (χ1v) is 14.8. The van der Waals surface area contributed by atoms with E-state index in [2.05, 4.69) is 36.2 Å². The average molecular weight is 647 g/mol. The first kappa shape index (κ1) is 34.2. The van der Waals surface area contributed by atoms with Crippen molar-refractivity contribution in [1.82, 2.24) is 25.6 Å². The first-order valence-electron chi connectivity index (χ1n) is 14.8. The van der Waals surface area contributed by atoms with Crippen molar-refractivity contribution < 1.29 is 37.3 Å². The van der Waals surface area contributed by atoms with Crippen LogP contribution in [0.15, 0.2) is 48.5 Å². The number of aliphatic carboxylic acids is 1. The molecule has 1 aromatic heterocycles. The number of nitrogens with zero attached hydrogens (tertiary/aromatic N) is 3. The van der Waals surface area contributed by atoms with Crippen LogP contribution in [0.25, 0.3) is 0 Å². The summed E-state index contributed by atoms with van der Waals surface area (Å²) in [5.74, 6) is -1.57. The predicted molar refractivity (Wildman–Crippen MR) is 163 cm³/mol. The molecule has 2 heterocycles. The number of aromatic nitrogens is 3. The van der Waals surface area contributed by atoms with Crippen LogP contribution in [0, 0.1) is 5.92 Å². The molecule has 2 atom stereocenters. The highest BCUT2D eigenvalue weighted by Gasteiger charge is 2.34. The molecular formula is C30H37F3N8O5. The fourth-order valence-electron chi connectivity index (χ4n) is 4.55. The number of nitrogens with two attached hydrogens (primary N) is 1.